The van der Waals surface area contributed by atoms with Crippen molar-refractivity contribution in [3.63, 3.8) is 0 Å². The summed E-state index contributed by atoms with van der Waals surface area (Å²) >= 11 is 1.32. The number of hydrogen-bond donors (Lipinski definition) is 3. The van der Waals surface area contributed by atoms with Crippen molar-refractivity contribution < 1.29 is 5.11 Å². The summed E-state index contributed by atoms with van der Waals surface area (Å²) in [5.41, 5.74) is 5.67. The van der Waals surface area contributed by atoms with Gasteiger partial charge in [0.1, 0.15) is 5.82 Å². The summed E-state index contributed by atoms with van der Waals surface area (Å²) < 4.78 is 4.20. The third-order valence-corrected chi connectivity index (χ3v) is 2.75. The van der Waals surface area contributed by atoms with Crippen LogP contribution in [0.4, 0.5) is 5.13 Å². The van der Waals surface area contributed by atoms with Gasteiger partial charge in [0.25, 0.3) is 0 Å². The van der Waals surface area contributed by atoms with E-state index in [9.17, 15) is 5.11 Å². The van der Waals surface area contributed by atoms with E-state index in [1.54, 1.807) is 6.92 Å². The number of aliphatic hydroxyl groups is 1. The molecule has 2 atom stereocenters. The molecule has 15 heavy (non-hydrogen) atoms. The first-order valence-electron chi connectivity index (χ1n) is 5.01. The van der Waals surface area contributed by atoms with Crippen LogP contribution >= 0.6 is 11.5 Å². The van der Waals surface area contributed by atoms with Crippen molar-refractivity contribution in [2.75, 3.05) is 11.9 Å². The van der Waals surface area contributed by atoms with Crippen molar-refractivity contribution >= 4 is 16.7 Å². The van der Waals surface area contributed by atoms with E-state index < -0.39 is 6.10 Å². The predicted octanol–water partition coefficient (Wildman–Crippen LogP) is 0.782. The molecule has 0 saturated carbocycles. The lowest BCUT2D eigenvalue weighted by atomic mass is 10.2. The van der Waals surface area contributed by atoms with Crippen LogP contribution in [-0.2, 0) is 0 Å². The Bertz CT molecular complexity index is 300. The molecule has 0 amide bonds. The second kappa shape index (κ2) is 5.39. The molecule has 1 heterocycles. The molecule has 0 aliphatic heterocycles. The molecule has 0 spiro atoms. The van der Waals surface area contributed by atoms with Crippen LogP contribution in [0.3, 0.4) is 0 Å². The van der Waals surface area contributed by atoms with Gasteiger partial charge >= 0.3 is 0 Å². The molecule has 2 unspecified atom stereocenters. The van der Waals surface area contributed by atoms with Gasteiger partial charge in [0.15, 0.2) is 0 Å². The van der Waals surface area contributed by atoms with Gasteiger partial charge in [-0.25, -0.2) is 4.98 Å². The molecule has 5 nitrogen and oxygen atoms in total. The summed E-state index contributed by atoms with van der Waals surface area (Å²) in [5, 5.41) is 13.0. The van der Waals surface area contributed by atoms with Crippen molar-refractivity contribution in [2.24, 2.45) is 5.73 Å². The lowest BCUT2D eigenvalue weighted by Crippen LogP contribution is -2.38. The van der Waals surface area contributed by atoms with Gasteiger partial charge in [-0.15, -0.1) is 0 Å². The van der Waals surface area contributed by atoms with Crippen LogP contribution in [0.2, 0.25) is 0 Å². The zero-order valence-corrected chi connectivity index (χ0v) is 10.1. The Morgan fingerprint density at radius 3 is 2.60 bits per heavy atom. The highest BCUT2D eigenvalue weighted by Gasteiger charge is 2.11. The van der Waals surface area contributed by atoms with E-state index in [-0.39, 0.29) is 6.04 Å². The van der Waals surface area contributed by atoms with Gasteiger partial charge in [-0.1, -0.05) is 13.8 Å². The number of rotatable bonds is 5. The van der Waals surface area contributed by atoms with Crippen molar-refractivity contribution in [2.45, 2.75) is 38.8 Å². The molecular formula is C9H18N4OS. The average Bonchev–Trinajstić information content (AvgIpc) is 2.62. The molecule has 0 aliphatic carbocycles. The van der Waals surface area contributed by atoms with Crippen molar-refractivity contribution in [1.29, 1.82) is 0 Å². The summed E-state index contributed by atoms with van der Waals surface area (Å²) in [4.78, 5) is 4.30. The standard InChI is InChI=1S/C9H18N4OS/c1-5(2)8-12-9(15-13-8)11-4-7(10)6(3)14/h5-7,14H,4,10H2,1-3H3,(H,11,12,13). The lowest BCUT2D eigenvalue weighted by Gasteiger charge is -2.14. The van der Waals surface area contributed by atoms with Crippen molar-refractivity contribution in [3.05, 3.63) is 5.82 Å². The number of aromatic nitrogens is 2. The van der Waals surface area contributed by atoms with Crippen LogP contribution in [0.1, 0.15) is 32.5 Å². The monoisotopic (exact) mass is 230 g/mol. The highest BCUT2D eigenvalue weighted by Crippen LogP contribution is 2.16. The van der Waals surface area contributed by atoms with E-state index in [0.717, 1.165) is 11.0 Å². The highest BCUT2D eigenvalue weighted by atomic mass is 32.1. The SMILES string of the molecule is CC(C)c1nsc(NCC(N)C(C)O)n1. The molecule has 6 heteroatoms. The third kappa shape index (κ3) is 3.73. The van der Waals surface area contributed by atoms with E-state index >= 15 is 0 Å². The first kappa shape index (κ1) is 12.4. The molecular weight excluding hydrogens is 212 g/mol. The highest BCUT2D eigenvalue weighted by molar-refractivity contribution is 7.09. The molecule has 0 radical (unpaired) electrons. The van der Waals surface area contributed by atoms with E-state index in [4.69, 9.17) is 5.73 Å². The summed E-state index contributed by atoms with van der Waals surface area (Å²) in [6, 6.07) is -0.281. The zero-order valence-electron chi connectivity index (χ0n) is 9.27. The van der Waals surface area contributed by atoms with Crippen molar-refractivity contribution in [1.82, 2.24) is 9.36 Å². The Morgan fingerprint density at radius 2 is 2.13 bits per heavy atom. The molecule has 86 valence electrons. The molecule has 0 aromatic carbocycles. The summed E-state index contributed by atoms with van der Waals surface area (Å²) in [5.74, 6) is 1.18. The molecule has 1 rings (SSSR count). The minimum absolute atomic E-state index is 0.281. The number of nitrogens with zero attached hydrogens (tertiary/aromatic N) is 2. The van der Waals surface area contributed by atoms with Crippen molar-refractivity contribution in [3.8, 4) is 0 Å². The van der Waals surface area contributed by atoms with Crippen LogP contribution in [0.5, 0.6) is 0 Å². The Kier molecular flexibility index (Phi) is 4.44. The Hall–Kier alpha value is -0.720. The fourth-order valence-electron chi connectivity index (χ4n) is 0.917. The maximum atomic E-state index is 9.19. The van der Waals surface area contributed by atoms with Gasteiger partial charge < -0.3 is 16.2 Å². The van der Waals surface area contributed by atoms with Crippen LogP contribution in [0.25, 0.3) is 0 Å². The smallest absolute Gasteiger partial charge is 0.202 e. The fourth-order valence-corrected chi connectivity index (χ4v) is 1.63. The molecule has 0 fully saturated rings. The summed E-state index contributed by atoms with van der Waals surface area (Å²) in [6.45, 7) is 6.27. The van der Waals surface area contributed by atoms with Crippen LogP contribution in [0.15, 0.2) is 0 Å². The molecule has 1 aromatic rings. The molecule has 0 saturated heterocycles. The quantitative estimate of drug-likeness (QED) is 0.696. The van der Waals surface area contributed by atoms with Gasteiger partial charge in [0, 0.05) is 30.0 Å². The van der Waals surface area contributed by atoms with Crippen LogP contribution in [-0.4, -0.2) is 33.2 Å². The number of nitrogens with two attached hydrogens (primary N) is 1. The lowest BCUT2D eigenvalue weighted by molar-refractivity contribution is 0.168. The van der Waals surface area contributed by atoms with Gasteiger partial charge in [-0.2, -0.15) is 4.37 Å². The first-order valence-corrected chi connectivity index (χ1v) is 5.79. The first-order chi connectivity index (χ1) is 7.00. The van der Waals surface area contributed by atoms with Gasteiger partial charge in [0.2, 0.25) is 5.13 Å². The third-order valence-electron chi connectivity index (χ3n) is 2.07. The second-order valence-electron chi connectivity index (χ2n) is 3.90. The van der Waals surface area contributed by atoms with Crippen LogP contribution in [0, 0.1) is 0 Å². The zero-order chi connectivity index (χ0) is 11.4. The molecule has 0 bridgehead atoms. The fraction of sp³-hybridized carbons (Fsp3) is 0.778. The van der Waals surface area contributed by atoms with E-state index in [0.29, 0.717) is 12.5 Å². The van der Waals surface area contributed by atoms with E-state index in [1.165, 1.54) is 11.5 Å². The van der Waals surface area contributed by atoms with E-state index in [2.05, 4.69) is 14.7 Å². The molecule has 0 aliphatic rings. The van der Waals surface area contributed by atoms with Gasteiger partial charge in [-0.05, 0) is 6.92 Å². The molecule has 1 aromatic heterocycles. The Labute approximate surface area is 93.9 Å². The maximum absolute atomic E-state index is 9.19. The van der Waals surface area contributed by atoms with Crippen LogP contribution < -0.4 is 11.1 Å². The second-order valence-corrected chi connectivity index (χ2v) is 4.65. The topological polar surface area (TPSA) is 84.1 Å². The minimum Gasteiger partial charge on any atom is -0.392 e. The maximum Gasteiger partial charge on any atom is 0.202 e. The predicted molar refractivity (Wildman–Crippen MR) is 62.1 cm³/mol. The molecule has 4 N–H and O–H groups in total. The summed E-state index contributed by atoms with van der Waals surface area (Å²) in [6.07, 6.45) is -0.519. The normalized spacial score (nSPS) is 15.3. The minimum atomic E-state index is -0.519. The Balaban J connectivity index is 2.44. The largest absolute Gasteiger partial charge is 0.392 e. The van der Waals surface area contributed by atoms with E-state index in [1.807, 2.05) is 13.8 Å². The number of hydrogen-bond acceptors (Lipinski definition) is 6. The summed E-state index contributed by atoms with van der Waals surface area (Å²) in [7, 11) is 0. The van der Waals surface area contributed by atoms with Gasteiger partial charge in [0.05, 0.1) is 6.10 Å². The number of nitrogens with one attached hydrogen (secondary N) is 1. The average molecular weight is 230 g/mol. The number of anilines is 1. The Morgan fingerprint density at radius 1 is 1.47 bits per heavy atom. The number of aliphatic hydroxyl groups excluding tert-OH is 1. The van der Waals surface area contributed by atoms with Gasteiger partial charge in [-0.3, -0.25) is 0 Å².